The van der Waals surface area contributed by atoms with Gasteiger partial charge in [0.25, 0.3) is 0 Å². The monoisotopic (exact) mass is 360 g/mol. The van der Waals surface area contributed by atoms with Crippen LogP contribution in [0.5, 0.6) is 0 Å². The molecular formula is C18H28N6O2. The van der Waals surface area contributed by atoms with Gasteiger partial charge in [-0.25, -0.2) is 19.7 Å². The first-order valence-electron chi connectivity index (χ1n) is 9.27. The molecule has 0 unspecified atom stereocenters. The van der Waals surface area contributed by atoms with Gasteiger partial charge in [-0.1, -0.05) is 6.92 Å². The molecule has 0 bridgehead atoms. The summed E-state index contributed by atoms with van der Waals surface area (Å²) in [7, 11) is 0. The molecule has 0 aromatic carbocycles. The van der Waals surface area contributed by atoms with Crippen LogP contribution in [0.4, 0.5) is 10.6 Å². The van der Waals surface area contributed by atoms with Gasteiger partial charge in [-0.05, 0) is 34.1 Å². The first-order valence-corrected chi connectivity index (χ1v) is 9.27. The van der Waals surface area contributed by atoms with Crippen LogP contribution in [0, 0.1) is 0 Å². The summed E-state index contributed by atoms with van der Waals surface area (Å²) in [5.74, 6) is 1.74. The molecule has 142 valence electrons. The number of nitrogens with zero attached hydrogens (tertiary/aromatic N) is 5. The molecule has 1 amide bonds. The highest BCUT2D eigenvalue weighted by Crippen LogP contribution is 2.23. The van der Waals surface area contributed by atoms with Crippen LogP contribution < -0.4 is 5.32 Å². The highest BCUT2D eigenvalue weighted by atomic mass is 16.6. The third-order valence-electron chi connectivity index (χ3n) is 4.42. The average molecular weight is 360 g/mol. The zero-order chi connectivity index (χ0) is 18.9. The maximum absolute atomic E-state index is 12.2. The molecule has 1 aliphatic rings. The van der Waals surface area contributed by atoms with Gasteiger partial charge in [0, 0.05) is 32.1 Å². The molecule has 0 saturated carbocycles. The lowest BCUT2D eigenvalue weighted by atomic mass is 10.2. The Morgan fingerprint density at radius 1 is 1.35 bits per heavy atom. The van der Waals surface area contributed by atoms with E-state index in [9.17, 15) is 4.79 Å². The van der Waals surface area contributed by atoms with E-state index in [1.165, 1.54) is 0 Å². The molecule has 1 atom stereocenters. The van der Waals surface area contributed by atoms with Crippen LogP contribution >= 0.6 is 0 Å². The number of likely N-dealkylation sites (tertiary alicyclic amines) is 1. The Hall–Kier alpha value is -2.38. The first-order chi connectivity index (χ1) is 12.3. The van der Waals surface area contributed by atoms with E-state index in [0.717, 1.165) is 42.2 Å². The normalized spacial score (nSPS) is 17.7. The minimum Gasteiger partial charge on any atom is -0.444 e. The van der Waals surface area contributed by atoms with E-state index in [4.69, 9.17) is 9.72 Å². The van der Waals surface area contributed by atoms with Gasteiger partial charge in [-0.3, -0.25) is 0 Å². The summed E-state index contributed by atoms with van der Waals surface area (Å²) < 4.78 is 7.57. The molecule has 0 aliphatic carbocycles. The molecule has 1 saturated heterocycles. The zero-order valence-corrected chi connectivity index (χ0v) is 16.2. The van der Waals surface area contributed by atoms with E-state index >= 15 is 0 Å². The zero-order valence-electron chi connectivity index (χ0n) is 16.2. The standard InChI is InChI=1S/C18H28N6O2/c1-6-13-22-14-15(19-11-20-16(14)24(13)7-2)21-12-8-9-23(10-12)17(25)26-18(3,4)5/h11-12H,6-10H2,1-5H3,(H,19,20,21)/t12-/m0/s1. The number of rotatable bonds is 4. The van der Waals surface area contributed by atoms with Crippen molar-refractivity contribution in [3.05, 3.63) is 12.2 Å². The largest absolute Gasteiger partial charge is 0.444 e. The summed E-state index contributed by atoms with van der Waals surface area (Å²) in [5, 5.41) is 3.44. The molecule has 0 radical (unpaired) electrons. The van der Waals surface area contributed by atoms with Crippen molar-refractivity contribution in [2.75, 3.05) is 18.4 Å². The third kappa shape index (κ3) is 3.73. The number of hydrogen-bond acceptors (Lipinski definition) is 6. The number of aryl methyl sites for hydroxylation is 2. The van der Waals surface area contributed by atoms with E-state index in [1.807, 2.05) is 20.8 Å². The van der Waals surface area contributed by atoms with Gasteiger partial charge < -0.3 is 19.5 Å². The summed E-state index contributed by atoms with van der Waals surface area (Å²) in [6, 6.07) is 0.123. The number of ether oxygens (including phenoxy) is 1. The fourth-order valence-electron chi connectivity index (χ4n) is 3.25. The van der Waals surface area contributed by atoms with Crippen LogP contribution in [-0.4, -0.2) is 55.2 Å². The molecule has 2 aromatic rings. The van der Waals surface area contributed by atoms with Crippen molar-refractivity contribution >= 4 is 23.1 Å². The van der Waals surface area contributed by atoms with Gasteiger partial charge in [0.05, 0.1) is 0 Å². The van der Waals surface area contributed by atoms with E-state index < -0.39 is 5.60 Å². The fraction of sp³-hybridized carbons (Fsp3) is 0.667. The lowest BCUT2D eigenvalue weighted by Crippen LogP contribution is -2.36. The van der Waals surface area contributed by atoms with Gasteiger partial charge in [0.1, 0.15) is 17.8 Å². The van der Waals surface area contributed by atoms with Gasteiger partial charge >= 0.3 is 6.09 Å². The smallest absolute Gasteiger partial charge is 0.410 e. The Kier molecular flexibility index (Phi) is 5.02. The van der Waals surface area contributed by atoms with E-state index in [-0.39, 0.29) is 12.1 Å². The molecule has 3 rings (SSSR count). The fourth-order valence-corrected chi connectivity index (χ4v) is 3.25. The number of amides is 1. The molecule has 1 fully saturated rings. The van der Waals surface area contributed by atoms with E-state index in [0.29, 0.717) is 13.1 Å². The predicted octanol–water partition coefficient (Wildman–Crippen LogP) is 2.83. The van der Waals surface area contributed by atoms with Crippen molar-refractivity contribution in [1.29, 1.82) is 0 Å². The highest BCUT2D eigenvalue weighted by molar-refractivity contribution is 5.83. The minimum atomic E-state index is -0.481. The van der Waals surface area contributed by atoms with Crippen molar-refractivity contribution in [1.82, 2.24) is 24.4 Å². The van der Waals surface area contributed by atoms with Crippen molar-refractivity contribution < 1.29 is 9.53 Å². The lowest BCUT2D eigenvalue weighted by Gasteiger charge is -2.24. The molecule has 1 N–H and O–H groups in total. The summed E-state index contributed by atoms with van der Waals surface area (Å²) in [6.07, 6.45) is 3.00. The SMILES string of the molecule is CCc1nc2c(N[C@H]3CCN(C(=O)OC(C)(C)C)C3)ncnc2n1CC. The Bertz CT molecular complexity index is 795. The number of fused-ring (bicyclic) bond motifs is 1. The molecular weight excluding hydrogens is 332 g/mol. The summed E-state index contributed by atoms with van der Waals surface area (Å²) in [6.45, 7) is 11.9. The number of carbonyl (C=O) groups is 1. The molecule has 0 spiro atoms. The number of carbonyl (C=O) groups excluding carboxylic acids is 1. The molecule has 1 aliphatic heterocycles. The van der Waals surface area contributed by atoms with Crippen molar-refractivity contribution in [2.45, 2.75) is 65.6 Å². The van der Waals surface area contributed by atoms with Gasteiger partial charge in [0.2, 0.25) is 0 Å². The second kappa shape index (κ2) is 7.09. The van der Waals surface area contributed by atoms with Gasteiger partial charge in [-0.15, -0.1) is 0 Å². The number of nitrogens with one attached hydrogen (secondary N) is 1. The first kappa shape index (κ1) is 18.4. The highest BCUT2D eigenvalue weighted by Gasteiger charge is 2.30. The summed E-state index contributed by atoms with van der Waals surface area (Å²) in [4.78, 5) is 27.5. The van der Waals surface area contributed by atoms with Crippen molar-refractivity contribution in [3.63, 3.8) is 0 Å². The average Bonchev–Trinajstić information content (AvgIpc) is 3.17. The molecule has 2 aromatic heterocycles. The van der Waals surface area contributed by atoms with Crippen molar-refractivity contribution in [2.24, 2.45) is 0 Å². The number of aromatic nitrogens is 4. The second-order valence-electron chi connectivity index (χ2n) is 7.58. The number of anilines is 1. The lowest BCUT2D eigenvalue weighted by molar-refractivity contribution is 0.0293. The van der Waals surface area contributed by atoms with Crippen LogP contribution in [0.2, 0.25) is 0 Å². The quantitative estimate of drug-likeness (QED) is 0.902. The molecule has 26 heavy (non-hydrogen) atoms. The van der Waals surface area contributed by atoms with Crippen molar-refractivity contribution in [3.8, 4) is 0 Å². The van der Waals surface area contributed by atoms with Crippen LogP contribution in [0.3, 0.4) is 0 Å². The molecule has 8 nitrogen and oxygen atoms in total. The topological polar surface area (TPSA) is 85.2 Å². The Labute approximate surface area is 154 Å². The van der Waals surface area contributed by atoms with Crippen LogP contribution in [0.1, 0.15) is 46.9 Å². The Morgan fingerprint density at radius 2 is 2.12 bits per heavy atom. The third-order valence-corrected chi connectivity index (χ3v) is 4.42. The Balaban J connectivity index is 1.74. The van der Waals surface area contributed by atoms with Crippen LogP contribution in [-0.2, 0) is 17.7 Å². The van der Waals surface area contributed by atoms with Crippen LogP contribution in [0.15, 0.2) is 6.33 Å². The van der Waals surface area contributed by atoms with Gasteiger partial charge in [-0.2, -0.15) is 0 Å². The molecule has 3 heterocycles. The molecule has 8 heteroatoms. The minimum absolute atomic E-state index is 0.123. The van der Waals surface area contributed by atoms with Gasteiger partial charge in [0.15, 0.2) is 17.0 Å². The maximum atomic E-state index is 12.2. The summed E-state index contributed by atoms with van der Waals surface area (Å²) >= 11 is 0. The maximum Gasteiger partial charge on any atom is 0.410 e. The number of hydrogen-bond donors (Lipinski definition) is 1. The second-order valence-corrected chi connectivity index (χ2v) is 7.58. The number of imidazole rings is 1. The predicted molar refractivity (Wildman–Crippen MR) is 100 cm³/mol. The Morgan fingerprint density at radius 3 is 2.77 bits per heavy atom. The van der Waals surface area contributed by atoms with E-state index in [1.54, 1.807) is 11.2 Å². The summed E-state index contributed by atoms with van der Waals surface area (Å²) in [5.41, 5.74) is 1.16. The van der Waals surface area contributed by atoms with Crippen LogP contribution in [0.25, 0.3) is 11.2 Å². The van der Waals surface area contributed by atoms with E-state index in [2.05, 4.69) is 33.7 Å².